The smallest absolute Gasteiger partial charge is 0.163 e. The third kappa shape index (κ3) is 4.39. The Morgan fingerprint density at radius 3 is 2.54 bits per heavy atom. The summed E-state index contributed by atoms with van der Waals surface area (Å²) in [6.45, 7) is -0.773. The molecule has 1 aliphatic carbocycles. The molecule has 0 saturated heterocycles. The molecule has 0 atom stereocenters. The summed E-state index contributed by atoms with van der Waals surface area (Å²) in [5.74, 6) is 0.594. The second kappa shape index (κ2) is 6.11. The van der Waals surface area contributed by atoms with Gasteiger partial charge < -0.3 is 0 Å². The largest absolute Gasteiger partial charge is 0.297 e. The van der Waals surface area contributed by atoms with Crippen molar-refractivity contribution >= 4 is 5.78 Å². The molecule has 1 nitrogen and oxygen atoms in total. The molecule has 0 radical (unpaired) electrons. The van der Waals surface area contributed by atoms with Crippen LogP contribution < -0.4 is 0 Å². The number of halogens is 1. The lowest BCUT2D eigenvalue weighted by Crippen LogP contribution is -2.07. The molecule has 0 amide bonds. The van der Waals surface area contributed by atoms with Crippen molar-refractivity contribution < 1.29 is 9.18 Å². The lowest BCUT2D eigenvalue weighted by atomic mass is 9.85. The number of carbonyl (C=O) groups is 1. The van der Waals surface area contributed by atoms with Gasteiger partial charge in [0.1, 0.15) is 6.67 Å². The minimum Gasteiger partial charge on any atom is -0.297 e. The van der Waals surface area contributed by atoms with Gasteiger partial charge in [-0.05, 0) is 12.3 Å². The minimum atomic E-state index is -0.773. The predicted octanol–water partition coefficient (Wildman–Crippen LogP) is 3.28. The average molecular weight is 186 g/mol. The highest BCUT2D eigenvalue weighted by Crippen LogP contribution is 2.27. The van der Waals surface area contributed by atoms with Gasteiger partial charge >= 0.3 is 0 Å². The maximum Gasteiger partial charge on any atom is 0.163 e. The SMILES string of the molecule is O=C(CF)CCCC1CCCCC1. The molecule has 0 aliphatic heterocycles. The van der Waals surface area contributed by atoms with Crippen LogP contribution in [0.2, 0.25) is 0 Å². The number of hydrogen-bond donors (Lipinski definition) is 0. The van der Waals surface area contributed by atoms with Crippen LogP contribution >= 0.6 is 0 Å². The van der Waals surface area contributed by atoms with Gasteiger partial charge in [-0.1, -0.05) is 38.5 Å². The van der Waals surface area contributed by atoms with Crippen LogP contribution in [0.1, 0.15) is 51.4 Å². The summed E-state index contributed by atoms with van der Waals surface area (Å²) in [5.41, 5.74) is 0. The van der Waals surface area contributed by atoms with Crippen molar-refractivity contribution in [2.75, 3.05) is 6.67 Å². The highest BCUT2D eigenvalue weighted by molar-refractivity contribution is 5.79. The van der Waals surface area contributed by atoms with Crippen LogP contribution in [0.5, 0.6) is 0 Å². The molecular weight excluding hydrogens is 167 g/mol. The fourth-order valence-electron chi connectivity index (χ4n) is 2.13. The number of alkyl halides is 1. The first-order valence-electron chi connectivity index (χ1n) is 5.40. The van der Waals surface area contributed by atoms with Crippen LogP contribution in [0.3, 0.4) is 0 Å². The van der Waals surface area contributed by atoms with E-state index >= 15 is 0 Å². The van der Waals surface area contributed by atoms with E-state index in [2.05, 4.69) is 0 Å². The van der Waals surface area contributed by atoms with Crippen molar-refractivity contribution in [3.63, 3.8) is 0 Å². The van der Waals surface area contributed by atoms with Crippen LogP contribution in [0.4, 0.5) is 4.39 Å². The summed E-state index contributed by atoms with van der Waals surface area (Å²) < 4.78 is 11.8. The zero-order valence-corrected chi connectivity index (χ0v) is 8.23. The van der Waals surface area contributed by atoms with Crippen molar-refractivity contribution in [3.05, 3.63) is 0 Å². The Morgan fingerprint density at radius 2 is 1.92 bits per heavy atom. The number of carbonyl (C=O) groups excluding carboxylic acids is 1. The normalized spacial score (nSPS) is 18.8. The number of hydrogen-bond acceptors (Lipinski definition) is 1. The molecule has 13 heavy (non-hydrogen) atoms. The molecule has 1 rings (SSSR count). The minimum absolute atomic E-state index is 0.226. The quantitative estimate of drug-likeness (QED) is 0.644. The second-order valence-electron chi connectivity index (χ2n) is 4.07. The zero-order chi connectivity index (χ0) is 9.52. The standard InChI is InChI=1S/C11H19FO/c12-9-11(13)8-4-7-10-5-2-1-3-6-10/h10H,1-9H2. The van der Waals surface area contributed by atoms with Gasteiger partial charge in [0.2, 0.25) is 0 Å². The highest BCUT2D eigenvalue weighted by Gasteiger charge is 2.13. The molecule has 0 N–H and O–H groups in total. The summed E-state index contributed by atoms with van der Waals surface area (Å²) >= 11 is 0. The van der Waals surface area contributed by atoms with Crippen LogP contribution in [0, 0.1) is 5.92 Å². The van der Waals surface area contributed by atoms with Gasteiger partial charge in [-0.3, -0.25) is 4.79 Å². The molecule has 0 spiro atoms. The molecule has 0 aromatic rings. The third-order valence-corrected chi connectivity index (χ3v) is 2.94. The van der Waals surface area contributed by atoms with Crippen molar-refractivity contribution in [2.24, 2.45) is 5.92 Å². The monoisotopic (exact) mass is 186 g/mol. The molecule has 1 saturated carbocycles. The molecule has 1 fully saturated rings. The van der Waals surface area contributed by atoms with Gasteiger partial charge in [-0.15, -0.1) is 0 Å². The van der Waals surface area contributed by atoms with Gasteiger partial charge in [-0.2, -0.15) is 0 Å². The maximum atomic E-state index is 11.8. The lowest BCUT2D eigenvalue weighted by Gasteiger charge is -2.20. The van der Waals surface area contributed by atoms with Crippen LogP contribution in [0.25, 0.3) is 0 Å². The summed E-state index contributed by atoms with van der Waals surface area (Å²) in [5, 5.41) is 0. The molecule has 2 heteroatoms. The summed E-state index contributed by atoms with van der Waals surface area (Å²) in [7, 11) is 0. The number of Topliss-reactive ketones (excluding diaryl/α,β-unsaturated/α-hetero) is 1. The second-order valence-corrected chi connectivity index (χ2v) is 4.07. The fraction of sp³-hybridized carbons (Fsp3) is 0.909. The third-order valence-electron chi connectivity index (χ3n) is 2.94. The Balaban J connectivity index is 2.01. The first kappa shape index (κ1) is 10.7. The van der Waals surface area contributed by atoms with Crippen molar-refractivity contribution in [1.82, 2.24) is 0 Å². The van der Waals surface area contributed by atoms with Crippen LogP contribution in [0.15, 0.2) is 0 Å². The summed E-state index contributed by atoms with van der Waals surface area (Å²) in [6, 6.07) is 0. The molecule has 1 aliphatic rings. The maximum absolute atomic E-state index is 11.8. The molecule has 0 unspecified atom stereocenters. The van der Waals surface area contributed by atoms with E-state index in [0.717, 1.165) is 18.8 Å². The van der Waals surface area contributed by atoms with Crippen molar-refractivity contribution in [1.29, 1.82) is 0 Å². The average Bonchev–Trinajstić information content (AvgIpc) is 2.19. The van der Waals surface area contributed by atoms with Crippen molar-refractivity contribution in [2.45, 2.75) is 51.4 Å². The Kier molecular flexibility index (Phi) is 5.02. The summed E-state index contributed by atoms with van der Waals surface area (Å²) in [4.78, 5) is 10.7. The molecule has 0 aromatic carbocycles. The zero-order valence-electron chi connectivity index (χ0n) is 8.23. The first-order valence-corrected chi connectivity index (χ1v) is 5.40. The van der Waals surface area contributed by atoms with Gasteiger partial charge in [0.25, 0.3) is 0 Å². The molecule has 0 bridgehead atoms. The van der Waals surface area contributed by atoms with Crippen LogP contribution in [-0.4, -0.2) is 12.5 Å². The van der Waals surface area contributed by atoms with Crippen molar-refractivity contribution in [3.8, 4) is 0 Å². The van der Waals surface area contributed by atoms with Gasteiger partial charge in [0, 0.05) is 6.42 Å². The first-order chi connectivity index (χ1) is 6.33. The Hall–Kier alpha value is -0.400. The van der Waals surface area contributed by atoms with E-state index in [4.69, 9.17) is 0 Å². The molecular formula is C11H19FO. The fourth-order valence-corrected chi connectivity index (χ4v) is 2.13. The van der Waals surface area contributed by atoms with E-state index < -0.39 is 6.67 Å². The van der Waals surface area contributed by atoms with E-state index in [9.17, 15) is 9.18 Å². The Bertz CT molecular complexity index is 150. The van der Waals surface area contributed by atoms with Crippen LogP contribution in [-0.2, 0) is 4.79 Å². The van der Waals surface area contributed by atoms with Gasteiger partial charge in [-0.25, -0.2) is 4.39 Å². The molecule has 0 heterocycles. The molecule has 76 valence electrons. The molecule has 0 aromatic heterocycles. The number of rotatable bonds is 5. The lowest BCUT2D eigenvalue weighted by molar-refractivity contribution is -0.120. The van der Waals surface area contributed by atoms with E-state index in [1.165, 1.54) is 32.1 Å². The summed E-state index contributed by atoms with van der Waals surface area (Å²) in [6.07, 6.45) is 9.20. The van der Waals surface area contributed by atoms with E-state index in [1.54, 1.807) is 0 Å². The highest BCUT2D eigenvalue weighted by atomic mass is 19.1. The predicted molar refractivity (Wildman–Crippen MR) is 51.4 cm³/mol. The van der Waals surface area contributed by atoms with Gasteiger partial charge in [0.15, 0.2) is 5.78 Å². The Labute approximate surface area is 79.7 Å². The van der Waals surface area contributed by atoms with E-state index in [1.807, 2.05) is 0 Å². The van der Waals surface area contributed by atoms with Gasteiger partial charge in [0.05, 0.1) is 0 Å². The van der Waals surface area contributed by atoms with E-state index in [0.29, 0.717) is 6.42 Å². The van der Waals surface area contributed by atoms with E-state index in [-0.39, 0.29) is 5.78 Å². The Morgan fingerprint density at radius 1 is 1.23 bits per heavy atom. The number of ketones is 1. The topological polar surface area (TPSA) is 17.1 Å².